The van der Waals surface area contributed by atoms with E-state index in [1.165, 1.54) is 0 Å². The second-order valence-electron chi connectivity index (χ2n) is 8.16. The first-order valence-electron chi connectivity index (χ1n) is 10.6. The number of carbonyl (C=O) groups is 2. The van der Waals surface area contributed by atoms with Gasteiger partial charge in [-0.3, -0.25) is 9.59 Å². The lowest BCUT2D eigenvalue weighted by molar-refractivity contribution is 0.0691. The van der Waals surface area contributed by atoms with E-state index in [-0.39, 0.29) is 17.9 Å². The van der Waals surface area contributed by atoms with Crippen LogP contribution >= 0.6 is 0 Å². The predicted octanol–water partition coefficient (Wildman–Crippen LogP) is 3.74. The van der Waals surface area contributed by atoms with Gasteiger partial charge in [0.1, 0.15) is 12.4 Å². The van der Waals surface area contributed by atoms with Gasteiger partial charge in [-0.2, -0.15) is 0 Å². The molecule has 0 bridgehead atoms. The van der Waals surface area contributed by atoms with Crippen LogP contribution in [0.15, 0.2) is 54.7 Å². The number of fused-ring (bicyclic) bond motifs is 1. The molecule has 2 aliphatic rings. The maximum Gasteiger partial charge on any atom is 0.254 e. The number of nitrogens with one attached hydrogen (secondary N) is 2. The van der Waals surface area contributed by atoms with Crippen molar-refractivity contribution < 1.29 is 14.3 Å². The summed E-state index contributed by atoms with van der Waals surface area (Å²) in [4.78, 5) is 30.2. The van der Waals surface area contributed by atoms with Gasteiger partial charge in [-0.15, -0.1) is 0 Å². The highest BCUT2D eigenvalue weighted by atomic mass is 16.5. The van der Waals surface area contributed by atoms with E-state index in [0.717, 1.165) is 43.1 Å². The van der Waals surface area contributed by atoms with Crippen molar-refractivity contribution in [3.63, 3.8) is 0 Å². The molecule has 30 heavy (non-hydrogen) atoms. The molecule has 5 rings (SSSR count). The highest BCUT2D eigenvalue weighted by molar-refractivity contribution is 5.98. The fourth-order valence-corrected chi connectivity index (χ4v) is 4.01. The molecule has 1 aliphatic heterocycles. The third-order valence-corrected chi connectivity index (χ3v) is 5.91. The molecule has 1 saturated carbocycles. The lowest BCUT2D eigenvalue weighted by Gasteiger charge is -2.25. The van der Waals surface area contributed by atoms with Crippen LogP contribution in [0.25, 0.3) is 10.9 Å². The summed E-state index contributed by atoms with van der Waals surface area (Å²) in [6.45, 7) is 1.19. The summed E-state index contributed by atoms with van der Waals surface area (Å²) in [5.41, 5.74) is 2.31. The molecular weight excluding hydrogens is 378 g/mol. The number of aromatic nitrogens is 1. The zero-order chi connectivity index (χ0) is 20.5. The minimum Gasteiger partial charge on any atom is -0.491 e. The van der Waals surface area contributed by atoms with Crippen molar-refractivity contribution in [2.75, 3.05) is 13.2 Å². The number of amides is 2. The van der Waals surface area contributed by atoms with Crippen molar-refractivity contribution >= 4 is 22.7 Å². The molecule has 2 N–H and O–H groups in total. The molecule has 6 heteroatoms. The molecule has 154 valence electrons. The Kier molecular flexibility index (Phi) is 4.91. The average Bonchev–Trinajstić information content (AvgIpc) is 3.27. The van der Waals surface area contributed by atoms with Crippen LogP contribution in [0.4, 0.5) is 0 Å². The Hall–Kier alpha value is -3.28. The van der Waals surface area contributed by atoms with E-state index in [2.05, 4.69) is 10.3 Å². The third kappa shape index (κ3) is 3.90. The number of hydrogen-bond donors (Lipinski definition) is 2. The Balaban J connectivity index is 1.21. The molecule has 2 amide bonds. The van der Waals surface area contributed by atoms with E-state index in [1.807, 2.05) is 47.5 Å². The Morgan fingerprint density at radius 3 is 2.63 bits per heavy atom. The Labute approximate surface area is 175 Å². The van der Waals surface area contributed by atoms with Crippen molar-refractivity contribution in [1.82, 2.24) is 15.2 Å². The standard InChI is InChI=1S/C24H25N3O3/c28-23(26-19-7-8-19)17-5-9-21(10-6-17)30-15-20-2-1-13-27(20)24(29)18-4-3-16-11-12-25-22(16)14-18/h3-6,9-12,14,19-20,25H,1-2,7-8,13,15H2,(H,26,28). The first kappa shape index (κ1) is 18.7. The smallest absolute Gasteiger partial charge is 0.254 e. The molecule has 1 aliphatic carbocycles. The Morgan fingerprint density at radius 2 is 1.83 bits per heavy atom. The van der Waals surface area contributed by atoms with Gasteiger partial charge in [0.05, 0.1) is 6.04 Å². The van der Waals surface area contributed by atoms with Gasteiger partial charge in [-0.25, -0.2) is 0 Å². The molecule has 2 aromatic carbocycles. The molecule has 6 nitrogen and oxygen atoms in total. The molecule has 1 aromatic heterocycles. The van der Waals surface area contributed by atoms with E-state index in [4.69, 9.17) is 4.74 Å². The molecule has 0 radical (unpaired) electrons. The van der Waals surface area contributed by atoms with Crippen molar-refractivity contribution in [3.8, 4) is 5.75 Å². The van der Waals surface area contributed by atoms with Gasteiger partial charge in [0.25, 0.3) is 11.8 Å². The van der Waals surface area contributed by atoms with E-state index in [9.17, 15) is 9.59 Å². The summed E-state index contributed by atoms with van der Waals surface area (Å²) in [5.74, 6) is 0.727. The largest absolute Gasteiger partial charge is 0.491 e. The molecule has 1 unspecified atom stereocenters. The van der Waals surface area contributed by atoms with Crippen molar-refractivity contribution in [2.24, 2.45) is 0 Å². The number of H-pyrrole nitrogens is 1. The van der Waals surface area contributed by atoms with Crippen molar-refractivity contribution in [2.45, 2.75) is 37.8 Å². The monoisotopic (exact) mass is 403 g/mol. The number of rotatable bonds is 6. The lowest BCUT2D eigenvalue weighted by Crippen LogP contribution is -2.39. The molecule has 2 heterocycles. The van der Waals surface area contributed by atoms with Crippen LogP contribution in [-0.4, -0.2) is 46.9 Å². The van der Waals surface area contributed by atoms with Gasteiger partial charge in [0.2, 0.25) is 0 Å². The van der Waals surface area contributed by atoms with Gasteiger partial charge >= 0.3 is 0 Å². The van der Waals surface area contributed by atoms with Gasteiger partial charge in [-0.1, -0.05) is 6.07 Å². The number of likely N-dealkylation sites (tertiary alicyclic amines) is 1. The molecule has 1 saturated heterocycles. The molecule has 1 atom stereocenters. The number of carbonyl (C=O) groups excluding carboxylic acids is 2. The lowest BCUT2D eigenvalue weighted by atomic mass is 10.1. The minimum atomic E-state index is -0.0318. The normalized spacial score (nSPS) is 18.5. The Bertz CT molecular complexity index is 1070. The van der Waals surface area contributed by atoms with Gasteiger partial charge in [0, 0.05) is 35.4 Å². The SMILES string of the molecule is O=C(NC1CC1)c1ccc(OCC2CCCN2C(=O)c2ccc3cc[nH]c3c2)cc1. The number of hydrogen-bond acceptors (Lipinski definition) is 3. The second-order valence-corrected chi connectivity index (χ2v) is 8.16. The van der Waals surface area contributed by atoms with Crippen LogP contribution in [0.5, 0.6) is 5.75 Å². The summed E-state index contributed by atoms with van der Waals surface area (Å²) < 4.78 is 5.96. The van der Waals surface area contributed by atoms with Crippen molar-refractivity contribution in [1.29, 1.82) is 0 Å². The topological polar surface area (TPSA) is 74.4 Å². The first-order chi connectivity index (χ1) is 14.7. The van der Waals surface area contributed by atoms with E-state index >= 15 is 0 Å². The number of nitrogens with zero attached hydrogens (tertiary/aromatic N) is 1. The van der Waals surface area contributed by atoms with Crippen LogP contribution in [0, 0.1) is 0 Å². The summed E-state index contributed by atoms with van der Waals surface area (Å²) in [6.07, 6.45) is 5.93. The maximum atomic E-state index is 13.1. The maximum absolute atomic E-state index is 13.1. The van der Waals surface area contributed by atoms with E-state index < -0.39 is 0 Å². The van der Waals surface area contributed by atoms with Gasteiger partial charge < -0.3 is 19.9 Å². The summed E-state index contributed by atoms with van der Waals surface area (Å²) in [7, 11) is 0. The van der Waals surface area contributed by atoms with Crippen molar-refractivity contribution in [3.05, 3.63) is 65.9 Å². The summed E-state index contributed by atoms with van der Waals surface area (Å²) in [6, 6.07) is 15.4. The highest BCUT2D eigenvalue weighted by Gasteiger charge is 2.30. The Morgan fingerprint density at radius 1 is 1.03 bits per heavy atom. The highest BCUT2D eigenvalue weighted by Crippen LogP contribution is 2.24. The van der Waals surface area contributed by atoms with Crippen LogP contribution in [0.1, 0.15) is 46.4 Å². The van der Waals surface area contributed by atoms with Crippen LogP contribution < -0.4 is 10.1 Å². The molecule has 3 aromatic rings. The van der Waals surface area contributed by atoms with E-state index in [1.54, 1.807) is 12.1 Å². The van der Waals surface area contributed by atoms with Crippen LogP contribution in [-0.2, 0) is 0 Å². The zero-order valence-electron chi connectivity index (χ0n) is 16.8. The summed E-state index contributed by atoms with van der Waals surface area (Å²) in [5, 5.41) is 4.08. The molecule has 2 fully saturated rings. The van der Waals surface area contributed by atoms with Crippen LogP contribution in [0.3, 0.4) is 0 Å². The molecular formula is C24H25N3O3. The van der Waals surface area contributed by atoms with Gasteiger partial charge in [-0.05, 0) is 73.5 Å². The second kappa shape index (κ2) is 7.86. The quantitative estimate of drug-likeness (QED) is 0.658. The number of ether oxygens (including phenoxy) is 1. The zero-order valence-corrected chi connectivity index (χ0v) is 16.8. The minimum absolute atomic E-state index is 0.0318. The number of benzene rings is 2. The third-order valence-electron chi connectivity index (χ3n) is 5.91. The van der Waals surface area contributed by atoms with Gasteiger partial charge in [0.15, 0.2) is 0 Å². The fraction of sp³-hybridized carbons (Fsp3) is 0.333. The first-order valence-corrected chi connectivity index (χ1v) is 10.6. The summed E-state index contributed by atoms with van der Waals surface area (Å²) >= 11 is 0. The fourth-order valence-electron chi connectivity index (χ4n) is 4.01. The number of aromatic amines is 1. The molecule has 0 spiro atoms. The van der Waals surface area contributed by atoms with Crippen LogP contribution in [0.2, 0.25) is 0 Å². The van der Waals surface area contributed by atoms with E-state index in [0.29, 0.717) is 29.5 Å². The predicted molar refractivity (Wildman–Crippen MR) is 115 cm³/mol. The average molecular weight is 403 g/mol.